The fourth-order valence-corrected chi connectivity index (χ4v) is 2.54. The van der Waals surface area contributed by atoms with Gasteiger partial charge >= 0.3 is 5.97 Å². The standard InChI is InChI=1S/C15H26O3/c1-2-18-15(17)13-11-9-7-5-3-4-6-8-10-12-14(13)16/h13H,2-12H2,1H3. The summed E-state index contributed by atoms with van der Waals surface area (Å²) in [5.41, 5.74) is 0. The summed E-state index contributed by atoms with van der Waals surface area (Å²) in [5, 5.41) is 0. The van der Waals surface area contributed by atoms with Crippen molar-refractivity contribution in [3.05, 3.63) is 0 Å². The minimum absolute atomic E-state index is 0.0917. The molecule has 0 heterocycles. The summed E-state index contributed by atoms with van der Waals surface area (Å²) in [6.45, 7) is 2.15. The van der Waals surface area contributed by atoms with Crippen molar-refractivity contribution in [3.63, 3.8) is 0 Å². The molecule has 3 nitrogen and oxygen atoms in total. The maximum absolute atomic E-state index is 12.0. The second-order valence-corrected chi connectivity index (χ2v) is 5.14. The van der Waals surface area contributed by atoms with Crippen LogP contribution in [0.3, 0.4) is 0 Å². The Kier molecular flexibility index (Phi) is 7.70. The Labute approximate surface area is 110 Å². The highest BCUT2D eigenvalue weighted by Crippen LogP contribution is 2.19. The molecule has 1 aliphatic carbocycles. The Bertz CT molecular complexity index is 260. The first kappa shape index (κ1) is 15.2. The molecule has 0 aliphatic heterocycles. The van der Waals surface area contributed by atoms with Crippen LogP contribution >= 0.6 is 0 Å². The fourth-order valence-electron chi connectivity index (χ4n) is 2.54. The second kappa shape index (κ2) is 9.12. The van der Waals surface area contributed by atoms with Crippen molar-refractivity contribution in [2.24, 2.45) is 5.92 Å². The molecular weight excluding hydrogens is 228 g/mol. The fraction of sp³-hybridized carbons (Fsp3) is 0.867. The Morgan fingerprint density at radius 1 is 1.06 bits per heavy atom. The normalized spacial score (nSPS) is 23.8. The molecule has 1 rings (SSSR count). The first-order valence-corrected chi connectivity index (χ1v) is 7.45. The summed E-state index contributed by atoms with van der Waals surface area (Å²) in [4.78, 5) is 23.8. The molecule has 104 valence electrons. The van der Waals surface area contributed by atoms with Crippen molar-refractivity contribution in [2.75, 3.05) is 6.61 Å². The van der Waals surface area contributed by atoms with Crippen molar-refractivity contribution >= 4 is 11.8 Å². The number of ether oxygens (including phenoxy) is 1. The number of hydrogen-bond donors (Lipinski definition) is 0. The zero-order chi connectivity index (χ0) is 13.2. The van der Waals surface area contributed by atoms with E-state index in [1.54, 1.807) is 6.92 Å². The smallest absolute Gasteiger partial charge is 0.316 e. The van der Waals surface area contributed by atoms with Crippen molar-refractivity contribution in [1.29, 1.82) is 0 Å². The summed E-state index contributed by atoms with van der Waals surface area (Å²) in [7, 11) is 0. The lowest BCUT2D eigenvalue weighted by Crippen LogP contribution is -2.26. The van der Waals surface area contributed by atoms with E-state index in [-0.39, 0.29) is 11.8 Å². The molecule has 1 atom stereocenters. The van der Waals surface area contributed by atoms with Crippen LogP contribution in [-0.4, -0.2) is 18.4 Å². The van der Waals surface area contributed by atoms with Gasteiger partial charge in [0, 0.05) is 6.42 Å². The molecule has 0 N–H and O–H groups in total. The molecular formula is C15H26O3. The highest BCUT2D eigenvalue weighted by Gasteiger charge is 2.26. The predicted molar refractivity (Wildman–Crippen MR) is 71.3 cm³/mol. The lowest BCUT2D eigenvalue weighted by Gasteiger charge is -2.15. The molecule has 3 heteroatoms. The van der Waals surface area contributed by atoms with E-state index in [4.69, 9.17) is 4.74 Å². The molecule has 0 spiro atoms. The average Bonchev–Trinajstić information content (AvgIpc) is 2.34. The summed E-state index contributed by atoms with van der Waals surface area (Å²) < 4.78 is 5.02. The third-order valence-electron chi connectivity index (χ3n) is 3.63. The quantitative estimate of drug-likeness (QED) is 0.558. The summed E-state index contributed by atoms with van der Waals surface area (Å²) in [5.74, 6) is -0.710. The number of carbonyl (C=O) groups excluding carboxylic acids is 2. The van der Waals surface area contributed by atoms with Crippen LogP contribution in [0, 0.1) is 5.92 Å². The zero-order valence-corrected chi connectivity index (χ0v) is 11.6. The molecule has 0 bridgehead atoms. The lowest BCUT2D eigenvalue weighted by atomic mass is 9.92. The third kappa shape index (κ3) is 5.65. The number of Topliss-reactive ketones (excluding diaryl/α,β-unsaturated/α-hetero) is 1. The van der Waals surface area contributed by atoms with Crippen LogP contribution in [0.25, 0.3) is 0 Å². The van der Waals surface area contributed by atoms with Crippen molar-refractivity contribution in [1.82, 2.24) is 0 Å². The maximum Gasteiger partial charge on any atom is 0.316 e. The van der Waals surface area contributed by atoms with E-state index in [1.807, 2.05) is 0 Å². The van der Waals surface area contributed by atoms with Gasteiger partial charge in [-0.05, 0) is 19.8 Å². The minimum atomic E-state index is -0.496. The first-order valence-electron chi connectivity index (χ1n) is 7.45. The van der Waals surface area contributed by atoms with Crippen LogP contribution in [0.1, 0.15) is 71.1 Å². The van der Waals surface area contributed by atoms with Gasteiger partial charge in [-0.1, -0.05) is 44.9 Å². The molecule has 0 radical (unpaired) electrons. The lowest BCUT2D eigenvalue weighted by molar-refractivity contribution is -0.152. The molecule has 0 aromatic rings. The van der Waals surface area contributed by atoms with Crippen LogP contribution in [0.15, 0.2) is 0 Å². The van der Waals surface area contributed by atoms with E-state index in [9.17, 15) is 9.59 Å². The van der Waals surface area contributed by atoms with Crippen molar-refractivity contribution in [3.8, 4) is 0 Å². The van der Waals surface area contributed by atoms with Crippen LogP contribution in [0.4, 0.5) is 0 Å². The molecule has 0 amide bonds. The van der Waals surface area contributed by atoms with E-state index >= 15 is 0 Å². The van der Waals surface area contributed by atoms with Crippen molar-refractivity contribution in [2.45, 2.75) is 71.1 Å². The summed E-state index contributed by atoms with van der Waals surface area (Å²) in [6.07, 6.45) is 10.4. The molecule has 18 heavy (non-hydrogen) atoms. The van der Waals surface area contributed by atoms with Gasteiger partial charge in [0.25, 0.3) is 0 Å². The van der Waals surface area contributed by atoms with Crippen LogP contribution < -0.4 is 0 Å². The topological polar surface area (TPSA) is 43.4 Å². The average molecular weight is 254 g/mol. The van der Waals surface area contributed by atoms with Crippen LogP contribution in [0.5, 0.6) is 0 Å². The number of hydrogen-bond acceptors (Lipinski definition) is 3. The third-order valence-corrected chi connectivity index (χ3v) is 3.63. The van der Waals surface area contributed by atoms with Gasteiger partial charge in [0.15, 0.2) is 0 Å². The molecule has 1 fully saturated rings. The molecule has 1 saturated carbocycles. The van der Waals surface area contributed by atoms with Crippen molar-refractivity contribution < 1.29 is 14.3 Å². The summed E-state index contributed by atoms with van der Waals surface area (Å²) >= 11 is 0. The van der Waals surface area contributed by atoms with E-state index in [1.165, 1.54) is 25.7 Å². The SMILES string of the molecule is CCOC(=O)C1CCCCCCCCCCC1=O. The Hall–Kier alpha value is -0.860. The Morgan fingerprint density at radius 3 is 2.22 bits per heavy atom. The van der Waals surface area contributed by atoms with Gasteiger partial charge in [0.2, 0.25) is 0 Å². The number of carbonyl (C=O) groups is 2. The van der Waals surface area contributed by atoms with Crippen LogP contribution in [-0.2, 0) is 14.3 Å². The van der Waals surface area contributed by atoms with Gasteiger partial charge in [-0.3, -0.25) is 9.59 Å². The largest absolute Gasteiger partial charge is 0.465 e. The molecule has 0 saturated heterocycles. The van der Waals surface area contributed by atoms with Gasteiger partial charge in [0.1, 0.15) is 11.7 Å². The second-order valence-electron chi connectivity index (χ2n) is 5.14. The Morgan fingerprint density at radius 2 is 1.61 bits per heavy atom. The highest BCUT2D eigenvalue weighted by molar-refractivity contribution is 5.98. The van der Waals surface area contributed by atoms with Gasteiger partial charge in [-0.2, -0.15) is 0 Å². The maximum atomic E-state index is 12.0. The van der Waals surface area contributed by atoms with E-state index < -0.39 is 5.92 Å². The number of rotatable bonds is 2. The van der Waals surface area contributed by atoms with E-state index in [0.717, 1.165) is 25.7 Å². The monoisotopic (exact) mass is 254 g/mol. The first-order chi connectivity index (χ1) is 8.75. The van der Waals surface area contributed by atoms with Gasteiger partial charge in [-0.15, -0.1) is 0 Å². The zero-order valence-electron chi connectivity index (χ0n) is 11.6. The number of ketones is 1. The molecule has 1 unspecified atom stereocenters. The van der Waals surface area contributed by atoms with Crippen LogP contribution in [0.2, 0.25) is 0 Å². The molecule has 0 aromatic carbocycles. The molecule has 0 aromatic heterocycles. The van der Waals surface area contributed by atoms with Gasteiger partial charge < -0.3 is 4.74 Å². The Balaban J connectivity index is 2.52. The molecule has 1 aliphatic rings. The van der Waals surface area contributed by atoms with E-state index in [2.05, 4.69) is 0 Å². The predicted octanol–water partition coefficient (Wildman–Crippen LogP) is 3.65. The minimum Gasteiger partial charge on any atom is -0.465 e. The van der Waals surface area contributed by atoms with E-state index in [0.29, 0.717) is 19.4 Å². The van der Waals surface area contributed by atoms with Gasteiger partial charge in [-0.25, -0.2) is 0 Å². The summed E-state index contributed by atoms with van der Waals surface area (Å²) in [6, 6.07) is 0. The van der Waals surface area contributed by atoms with Gasteiger partial charge in [0.05, 0.1) is 6.61 Å². The highest BCUT2D eigenvalue weighted by atomic mass is 16.5. The number of esters is 1.